The summed E-state index contributed by atoms with van der Waals surface area (Å²) in [6, 6.07) is 20.4. The van der Waals surface area contributed by atoms with Gasteiger partial charge in [-0.2, -0.15) is 0 Å². The van der Waals surface area contributed by atoms with E-state index < -0.39 is 28.4 Å². The van der Waals surface area contributed by atoms with Crippen LogP contribution in [0.1, 0.15) is 15.9 Å². The van der Waals surface area contributed by atoms with Gasteiger partial charge in [0.15, 0.2) is 0 Å². The Hall–Kier alpha value is -3.65. The summed E-state index contributed by atoms with van der Waals surface area (Å²) in [5.74, 6) is -1.63. The molecule has 3 aromatic carbocycles. The Morgan fingerprint density at radius 2 is 1.50 bits per heavy atom. The molecule has 7 nitrogen and oxygen atoms in total. The minimum atomic E-state index is -3.98. The lowest BCUT2D eigenvalue weighted by molar-refractivity contribution is -0.114. The molecule has 1 amide bonds. The van der Waals surface area contributed by atoms with E-state index in [4.69, 9.17) is 5.11 Å². The first-order chi connectivity index (χ1) is 14.3. The van der Waals surface area contributed by atoms with Crippen molar-refractivity contribution in [2.24, 2.45) is 0 Å². The molecule has 3 aromatic rings. The molecule has 0 atom stereocenters. The molecule has 0 saturated carbocycles. The molecule has 0 bridgehead atoms. The molecule has 154 valence electrons. The van der Waals surface area contributed by atoms with Crippen molar-refractivity contribution in [1.29, 1.82) is 0 Å². The summed E-state index contributed by atoms with van der Waals surface area (Å²) in [5.41, 5.74) is 1.73. The van der Waals surface area contributed by atoms with E-state index in [9.17, 15) is 18.0 Å². The van der Waals surface area contributed by atoms with Crippen LogP contribution in [0.25, 0.3) is 0 Å². The van der Waals surface area contributed by atoms with Crippen LogP contribution in [-0.4, -0.2) is 31.9 Å². The number of amides is 1. The largest absolute Gasteiger partial charge is 0.478 e. The summed E-state index contributed by atoms with van der Waals surface area (Å²) in [7, 11) is -3.98. The number of nitrogens with one attached hydrogen (secondary N) is 1. The summed E-state index contributed by atoms with van der Waals surface area (Å²) in [4.78, 5) is 23.6. The number of carboxylic acids is 1. The molecule has 0 aromatic heterocycles. The second-order valence-electron chi connectivity index (χ2n) is 6.59. The van der Waals surface area contributed by atoms with Gasteiger partial charge in [0.25, 0.3) is 10.0 Å². The van der Waals surface area contributed by atoms with Gasteiger partial charge in [-0.1, -0.05) is 35.9 Å². The summed E-state index contributed by atoms with van der Waals surface area (Å²) in [5, 5.41) is 11.6. The zero-order chi connectivity index (χ0) is 21.7. The Bertz CT molecular complexity index is 1140. The van der Waals surface area contributed by atoms with Crippen molar-refractivity contribution in [3.63, 3.8) is 0 Å². The van der Waals surface area contributed by atoms with Crippen LogP contribution < -0.4 is 9.62 Å². The van der Waals surface area contributed by atoms with Crippen LogP contribution in [0, 0.1) is 6.92 Å². The van der Waals surface area contributed by atoms with Gasteiger partial charge in [-0.15, -0.1) is 0 Å². The molecule has 2 N–H and O–H groups in total. The lowest BCUT2D eigenvalue weighted by atomic mass is 10.2. The molecule has 0 saturated heterocycles. The van der Waals surface area contributed by atoms with Crippen molar-refractivity contribution in [1.82, 2.24) is 0 Å². The first-order valence-electron chi connectivity index (χ1n) is 9.05. The van der Waals surface area contributed by atoms with Gasteiger partial charge in [-0.3, -0.25) is 9.10 Å². The van der Waals surface area contributed by atoms with Crippen molar-refractivity contribution < 1.29 is 23.1 Å². The van der Waals surface area contributed by atoms with E-state index in [0.717, 1.165) is 9.87 Å². The molecular weight excluding hydrogens is 404 g/mol. The van der Waals surface area contributed by atoms with E-state index in [1.54, 1.807) is 42.5 Å². The second-order valence-corrected chi connectivity index (χ2v) is 8.45. The molecule has 0 heterocycles. The molecule has 0 radical (unpaired) electrons. The van der Waals surface area contributed by atoms with Crippen LogP contribution in [0.3, 0.4) is 0 Å². The van der Waals surface area contributed by atoms with Crippen LogP contribution >= 0.6 is 0 Å². The van der Waals surface area contributed by atoms with Gasteiger partial charge in [-0.05, 0) is 55.5 Å². The van der Waals surface area contributed by atoms with Crippen molar-refractivity contribution in [2.75, 3.05) is 16.2 Å². The average molecular weight is 424 g/mol. The number of carboxylic acid groups (broad SMARTS) is 1. The number of nitrogens with zero attached hydrogens (tertiary/aromatic N) is 1. The lowest BCUT2D eigenvalue weighted by Crippen LogP contribution is -2.38. The second kappa shape index (κ2) is 8.79. The minimum Gasteiger partial charge on any atom is -0.478 e. The normalized spacial score (nSPS) is 11.0. The number of anilines is 2. The molecule has 0 fully saturated rings. The summed E-state index contributed by atoms with van der Waals surface area (Å²) in [6.07, 6.45) is 0. The fourth-order valence-corrected chi connectivity index (χ4v) is 4.19. The van der Waals surface area contributed by atoms with Gasteiger partial charge in [0.1, 0.15) is 6.54 Å². The highest BCUT2D eigenvalue weighted by Gasteiger charge is 2.27. The monoisotopic (exact) mass is 424 g/mol. The van der Waals surface area contributed by atoms with Crippen LogP contribution in [0.4, 0.5) is 11.4 Å². The molecule has 3 rings (SSSR count). The zero-order valence-corrected chi connectivity index (χ0v) is 17.0. The number of benzene rings is 3. The molecule has 0 aliphatic rings. The fourth-order valence-electron chi connectivity index (χ4n) is 2.77. The Kier molecular flexibility index (Phi) is 6.17. The maximum absolute atomic E-state index is 13.2. The molecule has 8 heteroatoms. The van der Waals surface area contributed by atoms with Crippen LogP contribution in [0.2, 0.25) is 0 Å². The number of rotatable bonds is 7. The first-order valence-corrected chi connectivity index (χ1v) is 10.5. The van der Waals surface area contributed by atoms with E-state index in [2.05, 4.69) is 5.32 Å². The highest BCUT2D eigenvalue weighted by atomic mass is 32.2. The van der Waals surface area contributed by atoms with Crippen molar-refractivity contribution >= 4 is 33.3 Å². The molecule has 30 heavy (non-hydrogen) atoms. The standard InChI is InChI=1S/C22H20N2O5S/c1-16-7-13-20(14-8-16)30(28,29)24(19-5-3-2-4-6-19)15-21(25)23-18-11-9-17(10-12-18)22(26)27/h2-14H,15H2,1H3,(H,23,25)(H,26,27). The number of carbonyl (C=O) groups excluding carboxylic acids is 1. The average Bonchev–Trinajstić information content (AvgIpc) is 2.73. The van der Waals surface area contributed by atoms with E-state index in [0.29, 0.717) is 11.4 Å². The highest BCUT2D eigenvalue weighted by molar-refractivity contribution is 7.92. The van der Waals surface area contributed by atoms with Crippen molar-refractivity contribution in [3.8, 4) is 0 Å². The third-order valence-electron chi connectivity index (χ3n) is 4.36. The Labute approximate surface area is 174 Å². The third kappa shape index (κ3) is 4.84. The molecular formula is C22H20N2O5S. The summed E-state index contributed by atoms with van der Waals surface area (Å²) in [6.45, 7) is 1.41. The SMILES string of the molecule is Cc1ccc(S(=O)(=O)N(CC(=O)Nc2ccc(C(=O)O)cc2)c2ccccc2)cc1. The Balaban J connectivity index is 1.87. The van der Waals surface area contributed by atoms with E-state index >= 15 is 0 Å². The van der Waals surface area contributed by atoms with E-state index in [1.165, 1.54) is 36.4 Å². The van der Waals surface area contributed by atoms with Crippen molar-refractivity contribution in [2.45, 2.75) is 11.8 Å². The van der Waals surface area contributed by atoms with Crippen molar-refractivity contribution in [3.05, 3.63) is 90.0 Å². The van der Waals surface area contributed by atoms with Crippen LogP contribution in [0.5, 0.6) is 0 Å². The lowest BCUT2D eigenvalue weighted by Gasteiger charge is -2.24. The van der Waals surface area contributed by atoms with Gasteiger partial charge in [0.05, 0.1) is 16.1 Å². The summed E-state index contributed by atoms with van der Waals surface area (Å²) >= 11 is 0. The predicted molar refractivity (Wildman–Crippen MR) is 114 cm³/mol. The number of para-hydroxylation sites is 1. The number of sulfonamides is 1. The number of hydrogen-bond donors (Lipinski definition) is 2. The first kappa shape index (κ1) is 21.1. The Morgan fingerprint density at radius 1 is 0.900 bits per heavy atom. The molecule has 0 unspecified atom stereocenters. The fraction of sp³-hybridized carbons (Fsp3) is 0.0909. The maximum atomic E-state index is 13.2. The number of aromatic carboxylic acids is 1. The smallest absolute Gasteiger partial charge is 0.335 e. The quantitative estimate of drug-likeness (QED) is 0.604. The van der Waals surface area contributed by atoms with Crippen LogP contribution in [-0.2, 0) is 14.8 Å². The van der Waals surface area contributed by atoms with Gasteiger partial charge in [0.2, 0.25) is 5.91 Å². The van der Waals surface area contributed by atoms with E-state index in [1.807, 2.05) is 6.92 Å². The molecule has 0 aliphatic carbocycles. The number of carbonyl (C=O) groups is 2. The van der Waals surface area contributed by atoms with Gasteiger partial charge in [0, 0.05) is 5.69 Å². The van der Waals surface area contributed by atoms with Crippen LogP contribution in [0.15, 0.2) is 83.8 Å². The summed E-state index contributed by atoms with van der Waals surface area (Å²) < 4.78 is 27.5. The van der Waals surface area contributed by atoms with Gasteiger partial charge >= 0.3 is 5.97 Å². The highest BCUT2D eigenvalue weighted by Crippen LogP contribution is 2.24. The topological polar surface area (TPSA) is 104 Å². The Morgan fingerprint density at radius 3 is 2.07 bits per heavy atom. The molecule has 0 aliphatic heterocycles. The van der Waals surface area contributed by atoms with Gasteiger partial charge in [-0.25, -0.2) is 13.2 Å². The number of aryl methyl sites for hydroxylation is 1. The predicted octanol–water partition coefficient (Wildman–Crippen LogP) is 3.53. The zero-order valence-electron chi connectivity index (χ0n) is 16.1. The number of hydrogen-bond acceptors (Lipinski definition) is 4. The minimum absolute atomic E-state index is 0.0792. The van der Waals surface area contributed by atoms with E-state index in [-0.39, 0.29) is 10.5 Å². The van der Waals surface area contributed by atoms with Gasteiger partial charge < -0.3 is 10.4 Å². The maximum Gasteiger partial charge on any atom is 0.335 e. The third-order valence-corrected chi connectivity index (χ3v) is 6.14. The molecule has 0 spiro atoms.